The molecule has 1 saturated heterocycles. The topological polar surface area (TPSA) is 103 Å². The van der Waals surface area contributed by atoms with Gasteiger partial charge in [0.25, 0.3) is 5.56 Å². The van der Waals surface area contributed by atoms with Crippen LogP contribution >= 0.6 is 0 Å². The monoisotopic (exact) mass is 460 g/mol. The summed E-state index contributed by atoms with van der Waals surface area (Å²) in [5.41, 5.74) is -0.0530. The molecule has 0 aliphatic carbocycles. The van der Waals surface area contributed by atoms with Crippen molar-refractivity contribution in [1.29, 1.82) is 0 Å². The number of aromatic nitrogens is 4. The van der Waals surface area contributed by atoms with Gasteiger partial charge in [-0.1, -0.05) is 11.6 Å². The van der Waals surface area contributed by atoms with Crippen molar-refractivity contribution in [3.63, 3.8) is 0 Å². The lowest BCUT2D eigenvalue weighted by Crippen LogP contribution is -2.58. The molecule has 0 radical (unpaired) electrons. The second kappa shape index (κ2) is 8.72. The number of aryl methyl sites for hydroxylation is 1. The van der Waals surface area contributed by atoms with Crippen LogP contribution in [-0.2, 0) is 25.4 Å². The summed E-state index contributed by atoms with van der Waals surface area (Å²) in [6.45, 7) is 13.1. The average molecular weight is 461 g/mol. The van der Waals surface area contributed by atoms with Crippen LogP contribution in [0, 0.1) is 0 Å². The van der Waals surface area contributed by atoms with Crippen LogP contribution in [0.5, 0.6) is 0 Å². The minimum Gasteiger partial charge on any atom is -0.444 e. The van der Waals surface area contributed by atoms with Gasteiger partial charge in [0.1, 0.15) is 5.60 Å². The summed E-state index contributed by atoms with van der Waals surface area (Å²) < 4.78 is 9.84. The number of imidazole rings is 1. The highest BCUT2D eigenvalue weighted by molar-refractivity contribution is 5.75. The molecule has 3 rings (SSSR count). The van der Waals surface area contributed by atoms with Crippen LogP contribution in [0.2, 0.25) is 0 Å². The zero-order chi connectivity index (χ0) is 24.7. The second-order valence-corrected chi connectivity index (χ2v) is 10.4. The van der Waals surface area contributed by atoms with Gasteiger partial charge in [-0.3, -0.25) is 13.9 Å². The summed E-state index contributed by atoms with van der Waals surface area (Å²) in [5.74, 6) is 0.609. The zero-order valence-corrected chi connectivity index (χ0v) is 21.0. The Bertz CT molecular complexity index is 1210. The van der Waals surface area contributed by atoms with E-state index in [1.165, 1.54) is 11.6 Å². The minimum atomic E-state index is -0.585. The molecule has 1 aliphatic rings. The summed E-state index contributed by atoms with van der Waals surface area (Å²) in [5, 5.41) is 3.02. The molecule has 3 heterocycles. The Balaban J connectivity index is 2.06. The van der Waals surface area contributed by atoms with Crippen molar-refractivity contribution in [2.24, 2.45) is 14.1 Å². The Kier molecular flexibility index (Phi) is 6.50. The van der Waals surface area contributed by atoms with E-state index in [1.807, 2.05) is 52.2 Å². The van der Waals surface area contributed by atoms with E-state index in [4.69, 9.17) is 9.72 Å². The van der Waals surface area contributed by atoms with E-state index in [1.54, 1.807) is 7.05 Å². The van der Waals surface area contributed by atoms with Gasteiger partial charge in [0.05, 0.1) is 5.54 Å². The highest BCUT2D eigenvalue weighted by Crippen LogP contribution is 2.28. The summed E-state index contributed by atoms with van der Waals surface area (Å²) in [4.78, 5) is 44.8. The first-order valence-electron chi connectivity index (χ1n) is 11.3. The molecule has 1 atom stereocenters. The quantitative estimate of drug-likeness (QED) is 0.702. The van der Waals surface area contributed by atoms with E-state index in [-0.39, 0.29) is 5.56 Å². The van der Waals surface area contributed by atoms with Gasteiger partial charge in [-0.2, -0.15) is 4.98 Å². The van der Waals surface area contributed by atoms with Crippen LogP contribution in [0.4, 0.5) is 10.7 Å². The maximum atomic E-state index is 13.0. The number of alkyl carbamates (subject to hydrolysis) is 1. The molecule has 0 spiro atoms. The number of hydrogen-bond donors (Lipinski definition) is 1. The Labute approximate surface area is 193 Å². The first-order valence-corrected chi connectivity index (χ1v) is 11.3. The van der Waals surface area contributed by atoms with Gasteiger partial charge < -0.3 is 19.5 Å². The number of allylic oxidation sites excluding steroid dienone is 2. The Morgan fingerprint density at radius 2 is 1.88 bits per heavy atom. The molecule has 2 aromatic heterocycles. The van der Waals surface area contributed by atoms with Crippen LogP contribution in [0.1, 0.15) is 54.4 Å². The van der Waals surface area contributed by atoms with Crippen molar-refractivity contribution in [2.75, 3.05) is 18.0 Å². The summed E-state index contributed by atoms with van der Waals surface area (Å²) in [6, 6.07) is 0. The highest BCUT2D eigenvalue weighted by atomic mass is 16.6. The minimum absolute atomic E-state index is 0.354. The van der Waals surface area contributed by atoms with Gasteiger partial charge in [-0.25, -0.2) is 9.59 Å². The number of anilines is 1. The van der Waals surface area contributed by atoms with Crippen LogP contribution in [0.25, 0.3) is 11.2 Å². The number of amides is 1. The maximum absolute atomic E-state index is 13.0. The van der Waals surface area contributed by atoms with Crippen molar-refractivity contribution in [2.45, 2.75) is 72.1 Å². The molecule has 1 amide bonds. The fourth-order valence-electron chi connectivity index (χ4n) is 4.19. The van der Waals surface area contributed by atoms with E-state index < -0.39 is 22.9 Å². The third-order valence-electron chi connectivity index (χ3n) is 5.79. The number of carbonyl (C=O) groups excluding carboxylic acids is 1. The van der Waals surface area contributed by atoms with Crippen molar-refractivity contribution >= 4 is 23.2 Å². The predicted octanol–water partition coefficient (Wildman–Crippen LogP) is 2.28. The molecule has 10 heteroatoms. The number of ether oxygens (including phenoxy) is 1. The lowest BCUT2D eigenvalue weighted by molar-refractivity contribution is 0.0454. The lowest BCUT2D eigenvalue weighted by atomic mass is 9.91. The van der Waals surface area contributed by atoms with Crippen molar-refractivity contribution in [3.8, 4) is 0 Å². The summed E-state index contributed by atoms with van der Waals surface area (Å²) in [6.07, 6.45) is 3.19. The molecule has 0 saturated carbocycles. The molecule has 1 unspecified atom stereocenters. The summed E-state index contributed by atoms with van der Waals surface area (Å²) in [7, 11) is 3.10. The Morgan fingerprint density at radius 3 is 2.48 bits per heavy atom. The molecule has 0 bridgehead atoms. The molecule has 182 valence electrons. The third-order valence-corrected chi connectivity index (χ3v) is 5.79. The van der Waals surface area contributed by atoms with E-state index in [0.717, 1.165) is 29.5 Å². The Hall–Kier alpha value is -3.04. The van der Waals surface area contributed by atoms with Crippen LogP contribution < -0.4 is 21.5 Å². The van der Waals surface area contributed by atoms with E-state index in [2.05, 4.69) is 10.2 Å². The number of rotatable bonds is 4. The van der Waals surface area contributed by atoms with Crippen molar-refractivity contribution < 1.29 is 9.53 Å². The molecule has 0 aromatic carbocycles. The number of fused-ring (bicyclic) bond motifs is 1. The summed E-state index contributed by atoms with van der Waals surface area (Å²) >= 11 is 0. The van der Waals surface area contributed by atoms with Crippen LogP contribution in [0.3, 0.4) is 0 Å². The molecule has 2 aromatic rings. The molecule has 33 heavy (non-hydrogen) atoms. The average Bonchev–Trinajstić information content (AvgIpc) is 3.07. The van der Waals surface area contributed by atoms with Gasteiger partial charge in [0, 0.05) is 33.7 Å². The zero-order valence-electron chi connectivity index (χ0n) is 21.0. The fraction of sp³-hybridized carbons (Fsp3) is 0.652. The number of hydrogen-bond acceptors (Lipinski definition) is 6. The second-order valence-electron chi connectivity index (χ2n) is 10.4. The van der Waals surface area contributed by atoms with Crippen molar-refractivity contribution in [3.05, 3.63) is 32.5 Å². The smallest absolute Gasteiger partial charge is 0.408 e. The molecular weight excluding hydrogens is 424 g/mol. The molecular formula is C23H36N6O4. The first kappa shape index (κ1) is 24.6. The highest BCUT2D eigenvalue weighted by Gasteiger charge is 2.36. The number of piperidine rings is 1. The number of carbonyl (C=O) groups is 1. The van der Waals surface area contributed by atoms with Crippen LogP contribution in [0.15, 0.2) is 21.2 Å². The third kappa shape index (κ3) is 5.15. The normalized spacial score (nSPS) is 19.0. The van der Waals surface area contributed by atoms with Gasteiger partial charge in [0.2, 0.25) is 5.95 Å². The predicted molar refractivity (Wildman–Crippen MR) is 129 cm³/mol. The van der Waals surface area contributed by atoms with E-state index >= 15 is 0 Å². The molecule has 10 nitrogen and oxygen atoms in total. The first-order chi connectivity index (χ1) is 15.2. The maximum Gasteiger partial charge on any atom is 0.408 e. The van der Waals surface area contributed by atoms with E-state index in [9.17, 15) is 14.4 Å². The molecule has 1 aliphatic heterocycles. The van der Waals surface area contributed by atoms with Gasteiger partial charge >= 0.3 is 11.8 Å². The largest absolute Gasteiger partial charge is 0.444 e. The number of nitrogens with one attached hydrogen (secondary N) is 1. The van der Waals surface area contributed by atoms with Crippen LogP contribution in [-0.4, -0.2) is 49.0 Å². The van der Waals surface area contributed by atoms with Crippen molar-refractivity contribution in [1.82, 2.24) is 24.0 Å². The Morgan fingerprint density at radius 1 is 1.21 bits per heavy atom. The lowest BCUT2D eigenvalue weighted by Gasteiger charge is -2.41. The van der Waals surface area contributed by atoms with E-state index in [0.29, 0.717) is 30.2 Å². The number of nitrogens with zero attached hydrogens (tertiary/aromatic N) is 5. The standard InChI is InChI=1S/C23H36N6O4/c1-15(2)10-13-29-16-17(26(7)21(32)27(8)18(16)30)24-19(29)28-12-9-11-23(6,14-28)25-20(31)33-22(3,4)5/h10H,9,11-14H2,1-8H3,(H,25,31). The van der Waals surface area contributed by atoms with Gasteiger partial charge in [0.15, 0.2) is 11.2 Å². The molecule has 1 fully saturated rings. The molecule has 1 N–H and O–H groups in total. The fourth-order valence-corrected chi connectivity index (χ4v) is 4.19. The SMILES string of the molecule is CC(C)=CCn1c(N2CCCC(C)(NC(=O)OC(C)(C)C)C2)nc2c1c(=O)n(C)c(=O)n2C. The van der Waals surface area contributed by atoms with Gasteiger partial charge in [-0.05, 0) is 54.4 Å². The van der Waals surface area contributed by atoms with Gasteiger partial charge in [-0.15, -0.1) is 0 Å².